The number of amides is 2. The molecule has 0 aliphatic heterocycles. The highest BCUT2D eigenvalue weighted by atomic mass is 32.1. The van der Waals surface area contributed by atoms with E-state index >= 15 is 0 Å². The van der Waals surface area contributed by atoms with Crippen molar-refractivity contribution in [2.24, 2.45) is 5.92 Å². The van der Waals surface area contributed by atoms with Gasteiger partial charge in [-0.2, -0.15) is 12.6 Å². The van der Waals surface area contributed by atoms with E-state index in [0.29, 0.717) is 38.0 Å². The molecule has 33 heavy (non-hydrogen) atoms. The number of rotatable bonds is 19. The van der Waals surface area contributed by atoms with Gasteiger partial charge in [0, 0.05) is 24.2 Å². The molecule has 0 rings (SSSR count). The molecule has 0 fully saturated rings. The van der Waals surface area contributed by atoms with Crippen molar-refractivity contribution in [3.05, 3.63) is 4.91 Å². The van der Waals surface area contributed by atoms with Crippen LogP contribution in [-0.2, 0) is 24.0 Å². The standard InChI is InChI=1S/C21H35N3O8S/c1-3-14(21(30)31)12-17(25)16(13-19(27)28)23-20(29)15(8-7-11-33)22-18(26)9-5-4-6-10-24(2)32/h14-16H,3-13H2,1-2H3,(H4-,22,23,26,27,28,29,30,31,33)/p+1. The van der Waals surface area contributed by atoms with Crippen LogP contribution in [0.15, 0.2) is 0 Å². The van der Waals surface area contributed by atoms with Crippen LogP contribution < -0.4 is 10.6 Å². The normalized spacial score (nSPS) is 13.4. The summed E-state index contributed by atoms with van der Waals surface area (Å²) in [7, 11) is 1.42. The SMILES string of the molecule is CCC(CC(=O)C(CC(=O)O)NC(=O)C(CCCS)NC(=O)CCCCC[N+](C)=O)C(=O)O. The summed E-state index contributed by atoms with van der Waals surface area (Å²) >= 11 is 4.10. The van der Waals surface area contributed by atoms with Gasteiger partial charge in [-0.3, -0.25) is 24.0 Å². The minimum atomic E-state index is -1.40. The van der Waals surface area contributed by atoms with Gasteiger partial charge in [0.15, 0.2) is 19.4 Å². The van der Waals surface area contributed by atoms with E-state index in [2.05, 4.69) is 23.3 Å². The predicted molar refractivity (Wildman–Crippen MR) is 123 cm³/mol. The zero-order valence-corrected chi connectivity index (χ0v) is 20.1. The Morgan fingerprint density at radius 2 is 1.61 bits per heavy atom. The number of carboxylic acids is 2. The number of hydrogen-bond acceptors (Lipinski definition) is 7. The van der Waals surface area contributed by atoms with Gasteiger partial charge in [-0.1, -0.05) is 6.92 Å². The fraction of sp³-hybridized carbons (Fsp3) is 0.762. The van der Waals surface area contributed by atoms with Gasteiger partial charge in [-0.25, -0.2) is 0 Å². The van der Waals surface area contributed by atoms with Crippen molar-refractivity contribution in [3.63, 3.8) is 0 Å². The first-order valence-corrected chi connectivity index (χ1v) is 11.7. The quantitative estimate of drug-likeness (QED) is 0.102. The number of carboxylic acid groups (broad SMARTS) is 2. The Hall–Kier alpha value is -2.50. The van der Waals surface area contributed by atoms with Crippen LogP contribution in [0.1, 0.15) is 64.7 Å². The van der Waals surface area contributed by atoms with Crippen molar-refractivity contribution in [2.45, 2.75) is 76.8 Å². The smallest absolute Gasteiger partial charge is 0.306 e. The molecule has 188 valence electrons. The third kappa shape index (κ3) is 14.3. The van der Waals surface area contributed by atoms with Gasteiger partial charge in [-0.15, -0.1) is 0 Å². The van der Waals surface area contributed by atoms with Crippen molar-refractivity contribution in [3.8, 4) is 0 Å². The second-order valence-electron chi connectivity index (χ2n) is 7.92. The van der Waals surface area contributed by atoms with Crippen LogP contribution in [0, 0.1) is 10.8 Å². The lowest BCUT2D eigenvalue weighted by Crippen LogP contribution is -2.52. The molecule has 0 aromatic heterocycles. The largest absolute Gasteiger partial charge is 0.481 e. The van der Waals surface area contributed by atoms with Crippen LogP contribution in [0.2, 0.25) is 0 Å². The van der Waals surface area contributed by atoms with Crippen molar-refractivity contribution in [1.29, 1.82) is 0 Å². The maximum absolute atomic E-state index is 12.8. The van der Waals surface area contributed by atoms with E-state index in [0.717, 1.165) is 4.76 Å². The van der Waals surface area contributed by atoms with E-state index in [1.807, 2.05) is 0 Å². The number of carbonyl (C=O) groups excluding carboxylic acids is 3. The minimum absolute atomic E-state index is 0.154. The fourth-order valence-electron chi connectivity index (χ4n) is 3.11. The number of aliphatic carboxylic acids is 2. The molecular weight excluding hydrogens is 454 g/mol. The molecule has 0 aromatic rings. The number of ketones is 1. The molecule has 12 heteroatoms. The topological polar surface area (TPSA) is 170 Å². The Balaban J connectivity index is 5.09. The van der Waals surface area contributed by atoms with Gasteiger partial charge in [0.25, 0.3) is 0 Å². The van der Waals surface area contributed by atoms with Crippen LogP contribution in [-0.4, -0.2) is 75.9 Å². The Morgan fingerprint density at radius 1 is 0.939 bits per heavy atom. The molecule has 0 radical (unpaired) electrons. The summed E-state index contributed by atoms with van der Waals surface area (Å²) in [5, 5.41) is 23.3. The third-order valence-corrected chi connectivity index (χ3v) is 5.37. The number of hydrogen-bond donors (Lipinski definition) is 5. The first-order chi connectivity index (χ1) is 15.5. The maximum Gasteiger partial charge on any atom is 0.306 e. The van der Waals surface area contributed by atoms with Crippen LogP contribution in [0.4, 0.5) is 0 Å². The molecule has 2 amide bonds. The Kier molecular flexibility index (Phi) is 15.7. The van der Waals surface area contributed by atoms with Gasteiger partial charge in [0.05, 0.1) is 18.4 Å². The molecule has 11 nitrogen and oxygen atoms in total. The van der Waals surface area contributed by atoms with Crippen LogP contribution in [0.5, 0.6) is 0 Å². The Bertz CT molecular complexity index is 701. The Labute approximate surface area is 199 Å². The summed E-state index contributed by atoms with van der Waals surface area (Å²) < 4.78 is 0.811. The summed E-state index contributed by atoms with van der Waals surface area (Å²) in [6.07, 6.45) is 1.82. The van der Waals surface area contributed by atoms with E-state index in [4.69, 9.17) is 10.2 Å². The molecule has 0 spiro atoms. The molecule has 3 atom stereocenters. The van der Waals surface area contributed by atoms with Crippen LogP contribution in [0.25, 0.3) is 0 Å². The number of Topliss-reactive ketones (excluding diaryl/α,β-unsaturated/α-hetero) is 1. The lowest BCUT2D eigenvalue weighted by Gasteiger charge is -2.23. The third-order valence-electron chi connectivity index (χ3n) is 5.05. The molecule has 0 saturated heterocycles. The zero-order valence-electron chi connectivity index (χ0n) is 19.2. The second-order valence-corrected chi connectivity index (χ2v) is 8.37. The summed E-state index contributed by atoms with van der Waals surface area (Å²) in [4.78, 5) is 70.8. The molecule has 0 aliphatic carbocycles. The highest BCUT2D eigenvalue weighted by Gasteiger charge is 2.30. The van der Waals surface area contributed by atoms with Gasteiger partial charge in [-0.05, 0) is 42.6 Å². The van der Waals surface area contributed by atoms with Gasteiger partial charge < -0.3 is 20.8 Å². The number of nitrogens with one attached hydrogen (secondary N) is 2. The molecule has 0 saturated carbocycles. The van der Waals surface area contributed by atoms with E-state index in [1.165, 1.54) is 7.05 Å². The summed E-state index contributed by atoms with van der Waals surface area (Å²) in [5.41, 5.74) is 0. The highest BCUT2D eigenvalue weighted by Crippen LogP contribution is 2.13. The summed E-state index contributed by atoms with van der Waals surface area (Å²) in [5.74, 6) is -4.79. The molecule has 3 unspecified atom stereocenters. The lowest BCUT2D eigenvalue weighted by molar-refractivity contribution is -0.519. The number of carbonyl (C=O) groups is 5. The van der Waals surface area contributed by atoms with E-state index in [1.54, 1.807) is 6.92 Å². The van der Waals surface area contributed by atoms with Crippen molar-refractivity contribution in [2.75, 3.05) is 19.3 Å². The fourth-order valence-corrected chi connectivity index (χ4v) is 3.29. The molecule has 0 bridgehead atoms. The number of nitroso groups, excluding NO2 is 1. The summed E-state index contributed by atoms with van der Waals surface area (Å²) in [6, 6.07) is -2.38. The van der Waals surface area contributed by atoms with Gasteiger partial charge in [0.1, 0.15) is 6.04 Å². The first-order valence-electron chi connectivity index (χ1n) is 11.1. The second kappa shape index (κ2) is 17.0. The van der Waals surface area contributed by atoms with Crippen molar-refractivity contribution < 1.29 is 38.9 Å². The minimum Gasteiger partial charge on any atom is -0.481 e. The zero-order chi connectivity index (χ0) is 25.4. The number of unbranched alkanes of at least 4 members (excludes halogenated alkanes) is 2. The maximum atomic E-state index is 12.8. The lowest BCUT2D eigenvalue weighted by atomic mass is 9.94. The van der Waals surface area contributed by atoms with E-state index in [9.17, 15) is 28.9 Å². The summed E-state index contributed by atoms with van der Waals surface area (Å²) in [6.45, 7) is 1.97. The average molecular weight is 491 g/mol. The predicted octanol–water partition coefficient (Wildman–Crippen LogP) is 1.18. The average Bonchev–Trinajstić information content (AvgIpc) is 2.72. The van der Waals surface area contributed by atoms with Gasteiger partial charge >= 0.3 is 11.9 Å². The van der Waals surface area contributed by atoms with Crippen LogP contribution >= 0.6 is 12.6 Å². The molecule has 4 N–H and O–H groups in total. The molecule has 0 heterocycles. The van der Waals surface area contributed by atoms with Gasteiger partial charge in [0.2, 0.25) is 11.8 Å². The molecular formula is C21H36N3O8S+. The van der Waals surface area contributed by atoms with E-state index in [-0.39, 0.29) is 25.2 Å². The monoisotopic (exact) mass is 490 g/mol. The molecule has 0 aromatic carbocycles. The van der Waals surface area contributed by atoms with E-state index < -0.39 is 54.5 Å². The van der Waals surface area contributed by atoms with Crippen molar-refractivity contribution >= 4 is 42.2 Å². The Morgan fingerprint density at radius 3 is 2.12 bits per heavy atom. The van der Waals surface area contributed by atoms with Crippen molar-refractivity contribution in [1.82, 2.24) is 10.6 Å². The molecule has 0 aliphatic rings. The number of nitrogens with zero attached hydrogens (tertiary/aromatic N) is 1. The first kappa shape index (κ1) is 30.5. The highest BCUT2D eigenvalue weighted by molar-refractivity contribution is 7.80. The van der Waals surface area contributed by atoms with Crippen LogP contribution in [0.3, 0.4) is 0 Å². The number of thiol groups is 1.